The van der Waals surface area contributed by atoms with Crippen molar-refractivity contribution in [1.82, 2.24) is 24.9 Å². The van der Waals surface area contributed by atoms with E-state index in [0.29, 0.717) is 29.0 Å². The summed E-state index contributed by atoms with van der Waals surface area (Å²) in [4.78, 5) is 21.3. The third-order valence-electron chi connectivity index (χ3n) is 4.81. The number of hydrogen-bond donors (Lipinski definition) is 0. The van der Waals surface area contributed by atoms with Crippen molar-refractivity contribution < 1.29 is 4.39 Å². The van der Waals surface area contributed by atoms with Crippen LogP contribution < -0.4 is 0 Å². The van der Waals surface area contributed by atoms with E-state index in [0.717, 1.165) is 22.9 Å². The van der Waals surface area contributed by atoms with Crippen LogP contribution in [0.5, 0.6) is 0 Å². The molecule has 0 radical (unpaired) electrons. The first-order valence-corrected chi connectivity index (χ1v) is 8.44. The second kappa shape index (κ2) is 5.91. The zero-order chi connectivity index (χ0) is 17.5. The highest BCUT2D eigenvalue weighted by Crippen LogP contribution is 2.55. The van der Waals surface area contributed by atoms with E-state index < -0.39 is 0 Å². The molecule has 3 heterocycles. The Hall–Kier alpha value is -3.28. The van der Waals surface area contributed by atoms with Gasteiger partial charge in [-0.1, -0.05) is 12.1 Å². The van der Waals surface area contributed by atoms with Crippen LogP contribution in [0.2, 0.25) is 0 Å². The van der Waals surface area contributed by atoms with Crippen molar-refractivity contribution in [2.75, 3.05) is 0 Å². The van der Waals surface area contributed by atoms with Crippen LogP contribution in [-0.2, 0) is 0 Å². The summed E-state index contributed by atoms with van der Waals surface area (Å²) >= 11 is 0. The van der Waals surface area contributed by atoms with E-state index in [4.69, 9.17) is 0 Å². The molecule has 1 aliphatic carbocycles. The van der Waals surface area contributed by atoms with Crippen molar-refractivity contribution >= 4 is 10.9 Å². The Morgan fingerprint density at radius 1 is 0.769 bits per heavy atom. The van der Waals surface area contributed by atoms with E-state index in [9.17, 15) is 4.39 Å². The van der Waals surface area contributed by atoms with Gasteiger partial charge in [-0.25, -0.2) is 24.3 Å². The van der Waals surface area contributed by atoms with E-state index in [-0.39, 0.29) is 5.82 Å². The zero-order valence-corrected chi connectivity index (χ0v) is 13.7. The molecule has 0 spiro atoms. The summed E-state index contributed by atoms with van der Waals surface area (Å²) in [5.74, 6) is 1.43. The highest BCUT2D eigenvalue weighted by molar-refractivity contribution is 5.83. The van der Waals surface area contributed by atoms with Gasteiger partial charge < -0.3 is 0 Å². The predicted molar refractivity (Wildman–Crippen MR) is 94.9 cm³/mol. The molecule has 1 aromatic carbocycles. The lowest BCUT2D eigenvalue weighted by Gasteiger charge is -2.07. The van der Waals surface area contributed by atoms with Gasteiger partial charge in [-0.05, 0) is 47.6 Å². The second-order valence-electron chi connectivity index (χ2n) is 6.40. The minimum atomic E-state index is -0.280. The molecule has 1 aliphatic rings. The number of hydrogen-bond acceptors (Lipinski definition) is 5. The van der Waals surface area contributed by atoms with Crippen LogP contribution in [0, 0.1) is 5.82 Å². The Bertz CT molecular complexity index is 1080. The highest BCUT2D eigenvalue weighted by Gasteiger charge is 2.41. The second-order valence-corrected chi connectivity index (χ2v) is 6.40. The van der Waals surface area contributed by atoms with E-state index >= 15 is 0 Å². The van der Waals surface area contributed by atoms with Crippen molar-refractivity contribution in [3.63, 3.8) is 0 Å². The van der Waals surface area contributed by atoms with Crippen LogP contribution in [0.3, 0.4) is 0 Å². The average molecular weight is 343 g/mol. The highest BCUT2D eigenvalue weighted by atomic mass is 19.1. The zero-order valence-electron chi connectivity index (χ0n) is 13.7. The molecule has 0 unspecified atom stereocenters. The number of benzene rings is 1. The first kappa shape index (κ1) is 15.0. The smallest absolute Gasteiger partial charge is 0.197 e. The average Bonchev–Trinajstić information content (AvgIpc) is 3.50. The lowest BCUT2D eigenvalue weighted by Crippen LogP contribution is -1.96. The first-order valence-electron chi connectivity index (χ1n) is 8.44. The van der Waals surface area contributed by atoms with Gasteiger partial charge in [-0.2, -0.15) is 0 Å². The van der Waals surface area contributed by atoms with Gasteiger partial charge in [0.2, 0.25) is 0 Å². The molecule has 5 nitrogen and oxygen atoms in total. The maximum Gasteiger partial charge on any atom is 0.197 e. The minimum Gasteiger partial charge on any atom is -0.253 e. The summed E-state index contributed by atoms with van der Waals surface area (Å²) in [6.45, 7) is 0. The maximum absolute atomic E-state index is 14.0. The summed E-state index contributed by atoms with van der Waals surface area (Å²) in [5.41, 5.74) is 2.65. The van der Waals surface area contributed by atoms with Crippen molar-refractivity contribution in [3.8, 4) is 11.6 Å². The lowest BCUT2D eigenvalue weighted by molar-refractivity contribution is 0.636. The molecule has 5 rings (SSSR count). The van der Waals surface area contributed by atoms with Gasteiger partial charge in [0.1, 0.15) is 11.3 Å². The third kappa shape index (κ3) is 2.50. The largest absolute Gasteiger partial charge is 0.253 e. The fourth-order valence-corrected chi connectivity index (χ4v) is 3.45. The van der Waals surface area contributed by atoms with E-state index in [1.807, 2.05) is 30.6 Å². The van der Waals surface area contributed by atoms with Crippen LogP contribution >= 0.6 is 0 Å². The molecule has 4 aromatic rings. The summed E-state index contributed by atoms with van der Waals surface area (Å²) in [6.07, 6.45) is 9.65. The fraction of sp³-hybridized carbons (Fsp3) is 0.150. The molecule has 1 fully saturated rings. The Morgan fingerprint density at radius 3 is 2.31 bits per heavy atom. The summed E-state index contributed by atoms with van der Waals surface area (Å²) in [5, 5.41) is 0.884. The number of halogens is 1. The van der Waals surface area contributed by atoms with Crippen molar-refractivity contribution in [1.29, 1.82) is 0 Å². The molecule has 1 saturated carbocycles. The van der Waals surface area contributed by atoms with E-state index in [1.165, 1.54) is 6.07 Å². The molecular weight excluding hydrogens is 329 g/mol. The van der Waals surface area contributed by atoms with Crippen molar-refractivity contribution in [3.05, 3.63) is 78.3 Å². The molecule has 6 heteroatoms. The molecule has 2 atom stereocenters. The Balaban J connectivity index is 1.44. The third-order valence-corrected chi connectivity index (χ3v) is 4.81. The molecule has 0 saturated heterocycles. The van der Waals surface area contributed by atoms with Gasteiger partial charge in [0.25, 0.3) is 0 Å². The molecule has 0 N–H and O–H groups in total. The molecule has 0 bridgehead atoms. The standard InChI is InChI=1S/C20H14FN5/c21-17-5-4-13(14-3-1-6-22-18(14)17)16-9-15(16)12-10-25-20(26-11-12)19-23-7-2-8-24-19/h1-8,10-11,15-16H,9H2/t15-,16+/m1/s1. The Morgan fingerprint density at radius 2 is 1.50 bits per heavy atom. The fourth-order valence-electron chi connectivity index (χ4n) is 3.45. The normalized spacial score (nSPS) is 18.8. The van der Waals surface area contributed by atoms with Crippen LogP contribution in [-0.4, -0.2) is 24.9 Å². The van der Waals surface area contributed by atoms with Crippen molar-refractivity contribution in [2.45, 2.75) is 18.3 Å². The van der Waals surface area contributed by atoms with Crippen molar-refractivity contribution in [2.24, 2.45) is 0 Å². The molecule has 0 amide bonds. The maximum atomic E-state index is 14.0. The number of pyridine rings is 1. The Labute approximate surface area is 149 Å². The van der Waals surface area contributed by atoms with Gasteiger partial charge in [0.15, 0.2) is 11.6 Å². The quantitative estimate of drug-likeness (QED) is 0.565. The predicted octanol–water partition coefficient (Wildman–Crippen LogP) is 3.89. The SMILES string of the molecule is Fc1ccc([C@@H]2C[C@@H]2c2cnc(-c3ncccn3)nc2)c2cccnc12. The number of rotatable bonds is 3. The van der Waals surface area contributed by atoms with E-state index in [2.05, 4.69) is 24.9 Å². The molecule has 126 valence electrons. The number of fused-ring (bicyclic) bond motifs is 1. The molecule has 3 aromatic heterocycles. The van der Waals surface area contributed by atoms with Gasteiger partial charge >= 0.3 is 0 Å². The minimum absolute atomic E-state index is 0.280. The summed E-state index contributed by atoms with van der Waals surface area (Å²) < 4.78 is 14.0. The summed E-state index contributed by atoms with van der Waals surface area (Å²) in [7, 11) is 0. The number of aromatic nitrogens is 5. The molecule has 0 aliphatic heterocycles. The Kier molecular flexibility index (Phi) is 3.41. The topological polar surface area (TPSA) is 64.5 Å². The number of nitrogens with zero attached hydrogens (tertiary/aromatic N) is 5. The molecular formula is C20H14FN5. The van der Waals surface area contributed by atoms with Gasteiger partial charge in [0, 0.05) is 36.4 Å². The van der Waals surface area contributed by atoms with E-state index in [1.54, 1.807) is 24.7 Å². The van der Waals surface area contributed by atoms with Crippen LogP contribution in [0.1, 0.15) is 29.4 Å². The van der Waals surface area contributed by atoms with Crippen LogP contribution in [0.4, 0.5) is 4.39 Å². The van der Waals surface area contributed by atoms with Crippen LogP contribution in [0.25, 0.3) is 22.6 Å². The monoisotopic (exact) mass is 343 g/mol. The van der Waals surface area contributed by atoms with Crippen LogP contribution in [0.15, 0.2) is 61.3 Å². The molecule has 26 heavy (non-hydrogen) atoms. The summed E-state index contributed by atoms with van der Waals surface area (Å²) in [6, 6.07) is 8.92. The first-order chi connectivity index (χ1) is 12.8. The lowest BCUT2D eigenvalue weighted by atomic mass is 10.0. The van der Waals surface area contributed by atoms with Gasteiger partial charge in [-0.15, -0.1) is 0 Å². The van der Waals surface area contributed by atoms with Gasteiger partial charge in [0.05, 0.1) is 0 Å². The van der Waals surface area contributed by atoms with Gasteiger partial charge in [-0.3, -0.25) is 4.98 Å².